The third kappa shape index (κ3) is 3.61. The molecule has 104 valence electrons. The fraction of sp³-hybridized carbons (Fsp3) is 0.143. The molecular formula is C14H14N2O4. The molecule has 0 radical (unpaired) electrons. The van der Waals surface area contributed by atoms with Gasteiger partial charge in [0.25, 0.3) is 5.91 Å². The number of phenolic OH excluding ortho intramolecular Hbond substituents is 1. The van der Waals surface area contributed by atoms with E-state index in [0.717, 1.165) is 0 Å². The van der Waals surface area contributed by atoms with Crippen molar-refractivity contribution < 1.29 is 19.4 Å². The van der Waals surface area contributed by atoms with Crippen molar-refractivity contribution in [2.75, 3.05) is 19.0 Å². The van der Waals surface area contributed by atoms with Gasteiger partial charge in [-0.05, 0) is 18.2 Å². The Morgan fingerprint density at radius 2 is 2.10 bits per heavy atom. The number of carbonyl (C=O) groups is 1. The molecule has 1 aromatic carbocycles. The number of rotatable bonds is 5. The number of methoxy groups -OCH3 is 1. The van der Waals surface area contributed by atoms with Crippen LogP contribution in [0.2, 0.25) is 0 Å². The topological polar surface area (TPSA) is 80.7 Å². The lowest BCUT2D eigenvalue weighted by Crippen LogP contribution is -2.20. The molecule has 1 amide bonds. The summed E-state index contributed by atoms with van der Waals surface area (Å²) in [7, 11) is 1.51. The highest BCUT2D eigenvalue weighted by Gasteiger charge is 2.06. The first-order valence-corrected chi connectivity index (χ1v) is 5.89. The molecule has 0 bridgehead atoms. The molecule has 20 heavy (non-hydrogen) atoms. The Morgan fingerprint density at radius 1 is 1.30 bits per heavy atom. The molecule has 6 nitrogen and oxygen atoms in total. The van der Waals surface area contributed by atoms with Gasteiger partial charge in [-0.1, -0.05) is 12.1 Å². The van der Waals surface area contributed by atoms with Gasteiger partial charge in [-0.2, -0.15) is 0 Å². The Balaban J connectivity index is 1.87. The van der Waals surface area contributed by atoms with Crippen LogP contribution in [0.25, 0.3) is 0 Å². The van der Waals surface area contributed by atoms with Gasteiger partial charge in [0.1, 0.15) is 0 Å². The van der Waals surface area contributed by atoms with E-state index >= 15 is 0 Å². The molecule has 1 aromatic heterocycles. The summed E-state index contributed by atoms with van der Waals surface area (Å²) in [4.78, 5) is 15.6. The maximum atomic E-state index is 11.7. The minimum atomic E-state index is -0.347. The Labute approximate surface area is 116 Å². The standard InChI is InChI=1S/C14H14N2O4/c1-19-14-7-6-10(8-15-14)16-13(18)9-20-12-5-3-2-4-11(12)17/h2-8,17H,9H2,1H3,(H,16,18). The summed E-state index contributed by atoms with van der Waals surface area (Å²) < 4.78 is 10.1. The number of phenols is 1. The molecule has 0 spiro atoms. The predicted molar refractivity (Wildman–Crippen MR) is 73.0 cm³/mol. The van der Waals surface area contributed by atoms with Gasteiger partial charge >= 0.3 is 0 Å². The van der Waals surface area contributed by atoms with Crippen LogP contribution in [0.3, 0.4) is 0 Å². The number of carbonyl (C=O) groups excluding carboxylic acids is 1. The van der Waals surface area contributed by atoms with Crippen molar-refractivity contribution >= 4 is 11.6 Å². The Hall–Kier alpha value is -2.76. The van der Waals surface area contributed by atoms with E-state index < -0.39 is 0 Å². The van der Waals surface area contributed by atoms with E-state index in [0.29, 0.717) is 11.6 Å². The first kappa shape index (κ1) is 13.7. The van der Waals surface area contributed by atoms with Crippen molar-refractivity contribution in [1.29, 1.82) is 0 Å². The smallest absolute Gasteiger partial charge is 0.262 e. The van der Waals surface area contributed by atoms with Gasteiger partial charge in [-0.15, -0.1) is 0 Å². The molecule has 0 fully saturated rings. The number of anilines is 1. The van der Waals surface area contributed by atoms with Gasteiger partial charge in [-0.25, -0.2) is 4.98 Å². The zero-order valence-corrected chi connectivity index (χ0v) is 10.9. The number of nitrogens with one attached hydrogen (secondary N) is 1. The van der Waals surface area contributed by atoms with Gasteiger partial charge in [0.15, 0.2) is 18.1 Å². The SMILES string of the molecule is COc1ccc(NC(=O)COc2ccccc2O)cn1. The van der Waals surface area contributed by atoms with E-state index in [4.69, 9.17) is 9.47 Å². The number of hydrogen-bond donors (Lipinski definition) is 2. The van der Waals surface area contributed by atoms with E-state index in [1.54, 1.807) is 30.3 Å². The van der Waals surface area contributed by atoms with Crippen LogP contribution in [0.5, 0.6) is 17.4 Å². The zero-order chi connectivity index (χ0) is 14.4. The third-order valence-electron chi connectivity index (χ3n) is 2.45. The number of ether oxygens (including phenoxy) is 2. The maximum Gasteiger partial charge on any atom is 0.262 e. The average Bonchev–Trinajstić information content (AvgIpc) is 2.47. The third-order valence-corrected chi connectivity index (χ3v) is 2.45. The summed E-state index contributed by atoms with van der Waals surface area (Å²) in [5.74, 6) is 0.371. The minimum Gasteiger partial charge on any atom is -0.504 e. The Kier molecular flexibility index (Phi) is 4.39. The molecule has 2 N–H and O–H groups in total. The summed E-state index contributed by atoms with van der Waals surface area (Å²) in [5, 5.41) is 12.1. The number of nitrogens with zero attached hydrogens (tertiary/aromatic N) is 1. The molecule has 0 saturated heterocycles. The molecule has 0 aliphatic carbocycles. The van der Waals surface area contributed by atoms with Crippen molar-refractivity contribution in [3.8, 4) is 17.4 Å². The van der Waals surface area contributed by atoms with Crippen molar-refractivity contribution in [3.05, 3.63) is 42.6 Å². The van der Waals surface area contributed by atoms with E-state index in [1.807, 2.05) is 0 Å². The van der Waals surface area contributed by atoms with Crippen molar-refractivity contribution in [2.24, 2.45) is 0 Å². The molecule has 0 saturated carbocycles. The van der Waals surface area contributed by atoms with Gasteiger partial charge in [-0.3, -0.25) is 4.79 Å². The molecule has 0 aliphatic rings. The highest BCUT2D eigenvalue weighted by Crippen LogP contribution is 2.24. The Morgan fingerprint density at radius 3 is 2.75 bits per heavy atom. The van der Waals surface area contributed by atoms with E-state index in [9.17, 15) is 9.90 Å². The monoisotopic (exact) mass is 274 g/mol. The van der Waals surface area contributed by atoms with Crippen molar-refractivity contribution in [1.82, 2.24) is 4.98 Å². The maximum absolute atomic E-state index is 11.7. The molecule has 6 heteroatoms. The van der Waals surface area contributed by atoms with Crippen LogP contribution in [0.1, 0.15) is 0 Å². The fourth-order valence-electron chi connectivity index (χ4n) is 1.49. The van der Waals surface area contributed by atoms with Crippen LogP contribution in [0, 0.1) is 0 Å². The number of aromatic hydroxyl groups is 1. The lowest BCUT2D eigenvalue weighted by atomic mass is 10.3. The highest BCUT2D eigenvalue weighted by molar-refractivity contribution is 5.91. The van der Waals surface area contributed by atoms with Crippen LogP contribution in [0.4, 0.5) is 5.69 Å². The van der Waals surface area contributed by atoms with Gasteiger partial charge in [0, 0.05) is 6.07 Å². The molecule has 0 aliphatic heterocycles. The van der Waals surface area contributed by atoms with Gasteiger partial charge in [0.05, 0.1) is 19.0 Å². The number of amides is 1. The largest absolute Gasteiger partial charge is 0.504 e. The molecule has 0 unspecified atom stereocenters. The fourth-order valence-corrected chi connectivity index (χ4v) is 1.49. The summed E-state index contributed by atoms with van der Waals surface area (Å²) in [6.07, 6.45) is 1.48. The lowest BCUT2D eigenvalue weighted by Gasteiger charge is -2.08. The highest BCUT2D eigenvalue weighted by atomic mass is 16.5. The Bertz CT molecular complexity index is 584. The quantitative estimate of drug-likeness (QED) is 0.869. The van der Waals surface area contributed by atoms with Gasteiger partial charge in [0.2, 0.25) is 5.88 Å². The second-order valence-corrected chi connectivity index (χ2v) is 3.89. The van der Waals surface area contributed by atoms with E-state index in [1.165, 1.54) is 19.4 Å². The number of pyridine rings is 1. The van der Waals surface area contributed by atoms with E-state index in [-0.39, 0.29) is 24.0 Å². The van der Waals surface area contributed by atoms with Crippen LogP contribution in [-0.2, 0) is 4.79 Å². The first-order chi connectivity index (χ1) is 9.69. The summed E-state index contributed by atoms with van der Waals surface area (Å²) >= 11 is 0. The molecule has 1 heterocycles. The molecule has 0 atom stereocenters. The van der Waals surface area contributed by atoms with Gasteiger partial charge < -0.3 is 19.9 Å². The average molecular weight is 274 g/mol. The second kappa shape index (κ2) is 6.42. The predicted octanol–water partition coefficient (Wildman–Crippen LogP) is 1.81. The number of para-hydroxylation sites is 2. The molecular weight excluding hydrogens is 260 g/mol. The first-order valence-electron chi connectivity index (χ1n) is 5.89. The molecule has 2 rings (SSSR count). The van der Waals surface area contributed by atoms with Crippen LogP contribution in [0.15, 0.2) is 42.6 Å². The summed E-state index contributed by atoms with van der Waals surface area (Å²) in [6.45, 7) is -0.205. The minimum absolute atomic E-state index is 0.00795. The summed E-state index contributed by atoms with van der Waals surface area (Å²) in [5.41, 5.74) is 0.539. The summed E-state index contributed by atoms with van der Waals surface area (Å²) in [6, 6.07) is 9.76. The normalized spacial score (nSPS) is 9.85. The lowest BCUT2D eigenvalue weighted by molar-refractivity contribution is -0.118. The number of aromatic nitrogens is 1. The van der Waals surface area contributed by atoms with Crippen LogP contribution >= 0.6 is 0 Å². The second-order valence-electron chi connectivity index (χ2n) is 3.89. The zero-order valence-electron chi connectivity index (χ0n) is 10.9. The van der Waals surface area contributed by atoms with Crippen molar-refractivity contribution in [2.45, 2.75) is 0 Å². The van der Waals surface area contributed by atoms with Crippen LogP contribution in [-0.4, -0.2) is 29.7 Å². The van der Waals surface area contributed by atoms with Crippen LogP contribution < -0.4 is 14.8 Å². The number of hydrogen-bond acceptors (Lipinski definition) is 5. The number of benzene rings is 1. The van der Waals surface area contributed by atoms with E-state index in [2.05, 4.69) is 10.3 Å². The molecule has 2 aromatic rings. The van der Waals surface area contributed by atoms with Crippen molar-refractivity contribution in [3.63, 3.8) is 0 Å².